The Morgan fingerprint density at radius 3 is 2.43 bits per heavy atom. The van der Waals surface area contributed by atoms with E-state index in [2.05, 4.69) is 4.98 Å². The molecular weight excluding hydrogens is 327 g/mol. The number of benzene rings is 2. The molecule has 4 rings (SSSR count). The average Bonchev–Trinajstić information content (AvgIpc) is 3.06. The molecule has 0 bridgehead atoms. The van der Waals surface area contributed by atoms with Gasteiger partial charge in [0, 0.05) is 10.5 Å². The molecular formula is C18H11FN2S2. The predicted molar refractivity (Wildman–Crippen MR) is 93.4 cm³/mol. The summed E-state index contributed by atoms with van der Waals surface area (Å²) in [4.78, 5) is 10.3. The van der Waals surface area contributed by atoms with Crippen molar-refractivity contribution >= 4 is 33.3 Å². The zero-order chi connectivity index (χ0) is 15.6. The minimum atomic E-state index is -0.233. The predicted octanol–water partition coefficient (Wildman–Crippen LogP) is 5.65. The molecule has 112 valence electrons. The number of fused-ring (bicyclic) bond motifs is 1. The second-order valence-electron chi connectivity index (χ2n) is 4.91. The average molecular weight is 338 g/mol. The normalized spacial score (nSPS) is 11.0. The van der Waals surface area contributed by atoms with Crippen LogP contribution in [0.5, 0.6) is 0 Å². The summed E-state index contributed by atoms with van der Waals surface area (Å²) in [5.41, 5.74) is 1.93. The molecule has 5 heteroatoms. The van der Waals surface area contributed by atoms with Crippen LogP contribution in [0.2, 0.25) is 0 Å². The number of hydrogen-bond donors (Lipinski definition) is 0. The molecule has 2 nitrogen and oxygen atoms in total. The molecule has 4 aromatic rings. The highest BCUT2D eigenvalue weighted by Gasteiger charge is 2.12. The maximum absolute atomic E-state index is 13.1. The Hall–Kier alpha value is -2.24. The molecule has 0 fully saturated rings. The number of halogens is 1. The van der Waals surface area contributed by atoms with Crippen LogP contribution in [0.3, 0.4) is 0 Å². The summed E-state index contributed by atoms with van der Waals surface area (Å²) in [7, 11) is 0. The topological polar surface area (TPSA) is 25.8 Å². The first kappa shape index (κ1) is 14.4. The summed E-state index contributed by atoms with van der Waals surface area (Å²) in [5, 5.41) is 2.92. The van der Waals surface area contributed by atoms with Crippen LogP contribution in [0.4, 0.5) is 4.39 Å². The molecule has 2 heterocycles. The smallest absolute Gasteiger partial charge is 0.161 e. The lowest BCUT2D eigenvalue weighted by atomic mass is 10.2. The van der Waals surface area contributed by atoms with Crippen LogP contribution in [0.25, 0.3) is 21.6 Å². The Morgan fingerprint density at radius 1 is 0.870 bits per heavy atom. The molecule has 0 unspecified atom stereocenters. The standard InChI is InChI=1S/C18H11FN2S2/c19-13-6-8-14(9-7-13)23-18-16-15(10-11-22-16)20-17(21-18)12-4-2-1-3-5-12/h1-11H. The number of thiophene rings is 1. The summed E-state index contributed by atoms with van der Waals surface area (Å²) in [6.45, 7) is 0. The number of hydrogen-bond acceptors (Lipinski definition) is 4. The van der Waals surface area contributed by atoms with E-state index in [0.717, 1.165) is 25.7 Å². The van der Waals surface area contributed by atoms with E-state index >= 15 is 0 Å². The van der Waals surface area contributed by atoms with Crippen molar-refractivity contribution in [2.24, 2.45) is 0 Å². The monoisotopic (exact) mass is 338 g/mol. The van der Waals surface area contributed by atoms with Crippen LogP contribution in [0.15, 0.2) is 76.0 Å². The number of rotatable bonds is 3. The molecule has 0 saturated heterocycles. The molecule has 0 amide bonds. The van der Waals surface area contributed by atoms with Crippen LogP contribution in [0, 0.1) is 5.82 Å². The van der Waals surface area contributed by atoms with Gasteiger partial charge in [0.05, 0.1) is 10.2 Å². The summed E-state index contributed by atoms with van der Waals surface area (Å²) in [5.74, 6) is 0.476. The minimum Gasteiger partial charge on any atom is -0.227 e. The van der Waals surface area contributed by atoms with Gasteiger partial charge >= 0.3 is 0 Å². The van der Waals surface area contributed by atoms with Crippen molar-refractivity contribution in [3.05, 3.63) is 71.9 Å². The molecule has 23 heavy (non-hydrogen) atoms. The van der Waals surface area contributed by atoms with Gasteiger partial charge in [-0.3, -0.25) is 0 Å². The molecule has 0 aliphatic heterocycles. The largest absolute Gasteiger partial charge is 0.227 e. The third-order valence-electron chi connectivity index (χ3n) is 3.33. The molecule has 0 N–H and O–H groups in total. The third kappa shape index (κ3) is 2.98. The Balaban J connectivity index is 1.81. The fourth-order valence-electron chi connectivity index (χ4n) is 2.24. The zero-order valence-electron chi connectivity index (χ0n) is 11.9. The van der Waals surface area contributed by atoms with E-state index in [1.807, 2.05) is 41.8 Å². The summed E-state index contributed by atoms with van der Waals surface area (Å²) in [6, 6.07) is 18.4. The van der Waals surface area contributed by atoms with Crippen molar-refractivity contribution in [3.8, 4) is 11.4 Å². The molecule has 2 aromatic carbocycles. The summed E-state index contributed by atoms with van der Waals surface area (Å²) >= 11 is 3.15. The molecule has 0 aliphatic rings. The van der Waals surface area contributed by atoms with Crippen molar-refractivity contribution in [1.82, 2.24) is 9.97 Å². The lowest BCUT2D eigenvalue weighted by Gasteiger charge is -2.06. The van der Waals surface area contributed by atoms with E-state index in [-0.39, 0.29) is 5.82 Å². The van der Waals surface area contributed by atoms with Crippen LogP contribution < -0.4 is 0 Å². The molecule has 0 atom stereocenters. The van der Waals surface area contributed by atoms with Gasteiger partial charge in [0.15, 0.2) is 5.82 Å². The Morgan fingerprint density at radius 2 is 1.65 bits per heavy atom. The van der Waals surface area contributed by atoms with Gasteiger partial charge in [-0.1, -0.05) is 42.1 Å². The molecule has 2 aromatic heterocycles. The highest BCUT2D eigenvalue weighted by atomic mass is 32.2. The lowest BCUT2D eigenvalue weighted by Crippen LogP contribution is -1.91. The van der Waals surface area contributed by atoms with Crippen molar-refractivity contribution in [3.63, 3.8) is 0 Å². The fourth-order valence-corrected chi connectivity index (χ4v) is 4.04. The van der Waals surface area contributed by atoms with Gasteiger partial charge in [-0.2, -0.15) is 0 Å². The van der Waals surface area contributed by atoms with E-state index < -0.39 is 0 Å². The van der Waals surface area contributed by atoms with Crippen molar-refractivity contribution < 1.29 is 4.39 Å². The van der Waals surface area contributed by atoms with E-state index in [4.69, 9.17) is 4.98 Å². The van der Waals surface area contributed by atoms with E-state index in [1.165, 1.54) is 23.9 Å². The molecule has 0 saturated carbocycles. The van der Waals surface area contributed by atoms with E-state index in [0.29, 0.717) is 5.82 Å². The van der Waals surface area contributed by atoms with Crippen molar-refractivity contribution in [2.75, 3.05) is 0 Å². The Kier molecular flexibility index (Phi) is 3.81. The second-order valence-corrected chi connectivity index (χ2v) is 6.89. The van der Waals surface area contributed by atoms with Gasteiger partial charge in [0.2, 0.25) is 0 Å². The van der Waals surface area contributed by atoms with Crippen LogP contribution in [0.1, 0.15) is 0 Å². The quantitative estimate of drug-likeness (QED) is 0.452. The van der Waals surface area contributed by atoms with Gasteiger partial charge in [0.25, 0.3) is 0 Å². The van der Waals surface area contributed by atoms with Crippen molar-refractivity contribution in [2.45, 2.75) is 9.92 Å². The van der Waals surface area contributed by atoms with Gasteiger partial charge in [-0.25, -0.2) is 14.4 Å². The summed E-state index contributed by atoms with van der Waals surface area (Å²) in [6.07, 6.45) is 0. The van der Waals surface area contributed by atoms with Gasteiger partial charge in [0.1, 0.15) is 10.8 Å². The lowest BCUT2D eigenvalue weighted by molar-refractivity contribution is 0.626. The Bertz CT molecular complexity index is 950. The first-order valence-corrected chi connectivity index (χ1v) is 8.73. The Labute approximate surface area is 141 Å². The van der Waals surface area contributed by atoms with Crippen LogP contribution >= 0.6 is 23.1 Å². The SMILES string of the molecule is Fc1ccc(Sc2nc(-c3ccccc3)nc3ccsc23)cc1. The molecule has 0 spiro atoms. The van der Waals surface area contributed by atoms with Crippen LogP contribution in [-0.2, 0) is 0 Å². The van der Waals surface area contributed by atoms with Gasteiger partial charge < -0.3 is 0 Å². The molecule has 0 radical (unpaired) electrons. The van der Waals surface area contributed by atoms with E-state index in [1.54, 1.807) is 23.5 Å². The van der Waals surface area contributed by atoms with Crippen LogP contribution in [-0.4, -0.2) is 9.97 Å². The third-order valence-corrected chi connectivity index (χ3v) is 5.37. The first-order valence-electron chi connectivity index (χ1n) is 7.04. The highest BCUT2D eigenvalue weighted by molar-refractivity contribution is 7.99. The maximum Gasteiger partial charge on any atom is 0.161 e. The highest BCUT2D eigenvalue weighted by Crippen LogP contribution is 2.35. The second kappa shape index (κ2) is 6.10. The van der Waals surface area contributed by atoms with Gasteiger partial charge in [-0.05, 0) is 35.7 Å². The zero-order valence-corrected chi connectivity index (χ0v) is 13.6. The van der Waals surface area contributed by atoms with Gasteiger partial charge in [-0.15, -0.1) is 11.3 Å². The number of aromatic nitrogens is 2. The molecule has 0 aliphatic carbocycles. The minimum absolute atomic E-state index is 0.233. The fraction of sp³-hybridized carbons (Fsp3) is 0. The summed E-state index contributed by atoms with van der Waals surface area (Å²) < 4.78 is 14.1. The number of nitrogens with zero attached hydrogens (tertiary/aromatic N) is 2. The van der Waals surface area contributed by atoms with E-state index in [9.17, 15) is 4.39 Å². The maximum atomic E-state index is 13.1. The van der Waals surface area contributed by atoms with Crippen molar-refractivity contribution in [1.29, 1.82) is 0 Å². The first-order chi connectivity index (χ1) is 11.3.